The lowest BCUT2D eigenvalue weighted by atomic mass is 10.2. The summed E-state index contributed by atoms with van der Waals surface area (Å²) in [5.74, 6) is -1.99. The number of nitrogens with one attached hydrogen (secondary N) is 1. The summed E-state index contributed by atoms with van der Waals surface area (Å²) in [6, 6.07) is 8.38. The van der Waals surface area contributed by atoms with Crippen molar-refractivity contribution in [1.29, 1.82) is 0 Å². The molecule has 3 aromatic rings. The molecule has 0 aliphatic rings. The van der Waals surface area contributed by atoms with Gasteiger partial charge in [0, 0.05) is 23.8 Å². The number of anilines is 1. The molecule has 144 valence electrons. The van der Waals surface area contributed by atoms with Crippen LogP contribution in [-0.2, 0) is 4.79 Å². The van der Waals surface area contributed by atoms with E-state index in [4.69, 9.17) is 4.42 Å². The number of nitro groups is 1. The van der Waals surface area contributed by atoms with E-state index in [2.05, 4.69) is 15.5 Å². The van der Waals surface area contributed by atoms with E-state index in [-0.39, 0.29) is 22.5 Å². The molecule has 0 fully saturated rings. The number of nitro benzene ring substituents is 1. The lowest BCUT2D eigenvalue weighted by Crippen LogP contribution is -2.23. The van der Waals surface area contributed by atoms with Crippen LogP contribution in [0.2, 0.25) is 0 Å². The Bertz CT molecular complexity index is 1040. The zero-order chi connectivity index (χ0) is 20.3. The molecule has 0 saturated heterocycles. The second kappa shape index (κ2) is 8.13. The molecular weight excluding hydrogens is 394 g/mol. The van der Waals surface area contributed by atoms with E-state index in [1.165, 1.54) is 25.1 Å². The Labute approximate surface area is 161 Å². The molecule has 1 heterocycles. The Hall–Kier alpha value is -3.34. The summed E-state index contributed by atoms with van der Waals surface area (Å²) in [7, 11) is 0. The molecule has 1 amide bonds. The van der Waals surface area contributed by atoms with Crippen LogP contribution < -0.4 is 5.32 Å². The molecule has 0 radical (unpaired) electrons. The van der Waals surface area contributed by atoms with Crippen LogP contribution in [0, 0.1) is 21.7 Å². The Balaban J connectivity index is 1.69. The van der Waals surface area contributed by atoms with Crippen molar-refractivity contribution in [2.75, 3.05) is 5.32 Å². The van der Waals surface area contributed by atoms with E-state index >= 15 is 0 Å². The van der Waals surface area contributed by atoms with E-state index in [0.29, 0.717) is 5.56 Å². The molecular formula is C17H12F2N4O4S. The fraction of sp³-hybridized carbons (Fsp3) is 0.118. The number of non-ortho nitro benzene ring substituents is 1. The van der Waals surface area contributed by atoms with E-state index in [9.17, 15) is 23.7 Å². The van der Waals surface area contributed by atoms with Crippen LogP contribution in [0.4, 0.5) is 20.2 Å². The normalized spacial score (nSPS) is 11.8. The number of amides is 1. The molecule has 0 bridgehead atoms. The van der Waals surface area contributed by atoms with E-state index in [1.807, 2.05) is 0 Å². The standard InChI is InChI=1S/C17H12F2N4O4S/c1-9(15(24)20-14-8-11(18)5-6-13(14)19)28-17-22-21-16(27-17)10-3-2-4-12(7-10)23(25)26/h2-9H,1H3,(H,20,24)/t9-/m0/s1. The maximum Gasteiger partial charge on any atom is 0.277 e. The third kappa shape index (κ3) is 4.49. The van der Waals surface area contributed by atoms with Crippen LogP contribution in [0.25, 0.3) is 11.5 Å². The van der Waals surface area contributed by atoms with Crippen molar-refractivity contribution in [2.45, 2.75) is 17.4 Å². The highest BCUT2D eigenvalue weighted by atomic mass is 32.2. The molecule has 11 heteroatoms. The number of carbonyl (C=O) groups excluding carboxylic acids is 1. The first-order valence-corrected chi connectivity index (χ1v) is 8.72. The lowest BCUT2D eigenvalue weighted by molar-refractivity contribution is -0.384. The fourth-order valence-electron chi connectivity index (χ4n) is 2.16. The molecule has 1 atom stereocenters. The van der Waals surface area contributed by atoms with Crippen LogP contribution >= 0.6 is 11.8 Å². The van der Waals surface area contributed by atoms with Crippen LogP contribution in [0.1, 0.15) is 6.92 Å². The largest absolute Gasteiger partial charge is 0.411 e. The number of halogens is 2. The van der Waals surface area contributed by atoms with Crippen molar-refractivity contribution >= 4 is 29.0 Å². The summed E-state index contributed by atoms with van der Waals surface area (Å²) in [4.78, 5) is 22.5. The lowest BCUT2D eigenvalue weighted by Gasteiger charge is -2.10. The number of hydrogen-bond acceptors (Lipinski definition) is 7. The van der Waals surface area contributed by atoms with Crippen LogP contribution in [0.15, 0.2) is 52.1 Å². The van der Waals surface area contributed by atoms with E-state index in [1.54, 1.807) is 6.07 Å². The average Bonchev–Trinajstić information content (AvgIpc) is 3.13. The van der Waals surface area contributed by atoms with Crippen LogP contribution in [0.5, 0.6) is 0 Å². The fourth-order valence-corrected chi connectivity index (χ4v) is 2.84. The Morgan fingerprint density at radius 3 is 2.79 bits per heavy atom. The van der Waals surface area contributed by atoms with Crippen molar-refractivity contribution in [3.05, 3.63) is 64.2 Å². The second-order valence-corrected chi connectivity index (χ2v) is 6.85. The van der Waals surface area contributed by atoms with Gasteiger partial charge in [0.1, 0.15) is 11.6 Å². The molecule has 0 spiro atoms. The van der Waals surface area contributed by atoms with Crippen molar-refractivity contribution < 1.29 is 22.9 Å². The molecule has 1 aromatic heterocycles. The summed E-state index contributed by atoms with van der Waals surface area (Å²) in [6.45, 7) is 1.52. The Kier molecular flexibility index (Phi) is 5.64. The predicted molar refractivity (Wildman–Crippen MR) is 96.7 cm³/mol. The van der Waals surface area contributed by atoms with Gasteiger partial charge in [-0.1, -0.05) is 17.8 Å². The topological polar surface area (TPSA) is 111 Å². The molecule has 0 unspecified atom stereocenters. The molecule has 2 aromatic carbocycles. The van der Waals surface area contributed by atoms with Crippen molar-refractivity contribution in [1.82, 2.24) is 10.2 Å². The number of aromatic nitrogens is 2. The van der Waals surface area contributed by atoms with Gasteiger partial charge in [0.2, 0.25) is 11.8 Å². The minimum absolute atomic E-state index is 0.0453. The number of carbonyl (C=O) groups is 1. The maximum atomic E-state index is 13.6. The van der Waals surface area contributed by atoms with Gasteiger partial charge in [-0.2, -0.15) is 0 Å². The van der Waals surface area contributed by atoms with Gasteiger partial charge in [0.15, 0.2) is 0 Å². The summed E-state index contributed by atoms with van der Waals surface area (Å²) >= 11 is 0.905. The van der Waals surface area contributed by atoms with Gasteiger partial charge in [0.05, 0.1) is 15.9 Å². The van der Waals surface area contributed by atoms with Gasteiger partial charge in [0.25, 0.3) is 10.9 Å². The smallest absolute Gasteiger partial charge is 0.277 e. The SMILES string of the molecule is C[C@H](Sc1nnc(-c2cccc([N+](=O)[O-])c2)o1)C(=O)Nc1cc(F)ccc1F. The highest BCUT2D eigenvalue weighted by Crippen LogP contribution is 2.28. The van der Waals surface area contributed by atoms with Crippen LogP contribution in [-0.4, -0.2) is 26.3 Å². The number of hydrogen-bond donors (Lipinski definition) is 1. The number of rotatable bonds is 6. The molecule has 0 aliphatic heterocycles. The Morgan fingerprint density at radius 2 is 2.04 bits per heavy atom. The zero-order valence-corrected chi connectivity index (χ0v) is 15.1. The highest BCUT2D eigenvalue weighted by Gasteiger charge is 2.20. The number of thioether (sulfide) groups is 1. The average molecular weight is 406 g/mol. The van der Waals surface area contributed by atoms with Gasteiger partial charge in [-0.3, -0.25) is 14.9 Å². The van der Waals surface area contributed by atoms with Gasteiger partial charge in [-0.15, -0.1) is 10.2 Å². The van der Waals surface area contributed by atoms with Crippen LogP contribution in [0.3, 0.4) is 0 Å². The first kappa shape index (κ1) is 19.4. The first-order valence-electron chi connectivity index (χ1n) is 7.84. The zero-order valence-electron chi connectivity index (χ0n) is 14.3. The third-order valence-electron chi connectivity index (χ3n) is 3.54. The predicted octanol–water partition coefficient (Wildman–Crippen LogP) is 4.04. The van der Waals surface area contributed by atoms with Gasteiger partial charge < -0.3 is 9.73 Å². The van der Waals surface area contributed by atoms with E-state index in [0.717, 1.165) is 30.0 Å². The minimum Gasteiger partial charge on any atom is -0.411 e. The summed E-state index contributed by atoms with van der Waals surface area (Å²) in [6.07, 6.45) is 0. The molecule has 8 nitrogen and oxygen atoms in total. The minimum atomic E-state index is -0.766. The van der Waals surface area contributed by atoms with E-state index < -0.39 is 27.7 Å². The monoisotopic (exact) mass is 406 g/mol. The molecule has 0 aliphatic carbocycles. The molecule has 3 rings (SSSR count). The first-order chi connectivity index (χ1) is 13.3. The molecule has 28 heavy (non-hydrogen) atoms. The molecule has 1 N–H and O–H groups in total. The highest BCUT2D eigenvalue weighted by molar-refractivity contribution is 8.00. The van der Waals surface area contributed by atoms with Gasteiger partial charge >= 0.3 is 0 Å². The molecule has 0 saturated carbocycles. The van der Waals surface area contributed by atoms with Gasteiger partial charge in [-0.25, -0.2) is 8.78 Å². The van der Waals surface area contributed by atoms with Crippen molar-refractivity contribution in [3.63, 3.8) is 0 Å². The van der Waals surface area contributed by atoms with Gasteiger partial charge in [-0.05, 0) is 25.1 Å². The third-order valence-corrected chi connectivity index (χ3v) is 4.48. The number of nitrogens with zero attached hydrogens (tertiary/aromatic N) is 3. The summed E-state index contributed by atoms with van der Waals surface area (Å²) in [5, 5.41) is 20.0. The van der Waals surface area contributed by atoms with Crippen molar-refractivity contribution in [2.24, 2.45) is 0 Å². The maximum absolute atomic E-state index is 13.6. The Morgan fingerprint density at radius 1 is 1.25 bits per heavy atom. The number of benzene rings is 2. The van der Waals surface area contributed by atoms with Crippen molar-refractivity contribution in [3.8, 4) is 11.5 Å². The quantitative estimate of drug-likeness (QED) is 0.373. The summed E-state index contributed by atoms with van der Waals surface area (Å²) in [5.41, 5.74) is -0.0532. The second-order valence-electron chi connectivity index (χ2n) is 5.55. The summed E-state index contributed by atoms with van der Waals surface area (Å²) < 4.78 is 32.2.